The Morgan fingerprint density at radius 2 is 2.14 bits per heavy atom. The molecule has 0 atom stereocenters. The molecular weight excluding hydrogens is 194 g/mol. The number of nitrogens with one attached hydrogen (secondary N) is 1. The maximum absolute atomic E-state index is 13.1. The van der Waals surface area contributed by atoms with Gasteiger partial charge in [-0.25, -0.2) is 9.18 Å². The molecule has 0 aliphatic carbocycles. The minimum absolute atomic E-state index is 0.0113. The highest BCUT2D eigenvalue weighted by Gasteiger charge is 2.16. The van der Waals surface area contributed by atoms with E-state index in [9.17, 15) is 13.6 Å². The SMILES string of the molecule is O=c1c[n+](-c2ccc(F)cc2F)[nH]o1. The molecule has 0 saturated carbocycles. The smallest absolute Gasteiger partial charge is 0.283 e. The number of aromatic amines is 1. The third-order valence-corrected chi connectivity index (χ3v) is 1.65. The molecule has 0 radical (unpaired) electrons. The van der Waals surface area contributed by atoms with Crippen molar-refractivity contribution in [3.63, 3.8) is 0 Å². The van der Waals surface area contributed by atoms with Crippen molar-refractivity contribution in [1.29, 1.82) is 0 Å². The monoisotopic (exact) mass is 199 g/mol. The second-order valence-electron chi connectivity index (χ2n) is 2.61. The van der Waals surface area contributed by atoms with Gasteiger partial charge in [0.05, 0.1) is 0 Å². The van der Waals surface area contributed by atoms with Crippen LogP contribution in [-0.2, 0) is 0 Å². The molecule has 0 aliphatic rings. The average molecular weight is 199 g/mol. The van der Waals surface area contributed by atoms with Crippen molar-refractivity contribution in [2.24, 2.45) is 0 Å². The molecule has 4 nitrogen and oxygen atoms in total. The van der Waals surface area contributed by atoms with Gasteiger partial charge >= 0.3 is 5.63 Å². The molecule has 6 heteroatoms. The van der Waals surface area contributed by atoms with E-state index in [0.717, 1.165) is 16.9 Å². The predicted molar refractivity (Wildman–Crippen MR) is 40.8 cm³/mol. The van der Waals surface area contributed by atoms with Crippen LogP contribution in [0.1, 0.15) is 0 Å². The molecule has 0 saturated heterocycles. The Morgan fingerprint density at radius 3 is 2.71 bits per heavy atom. The summed E-state index contributed by atoms with van der Waals surface area (Å²) in [4.78, 5) is 10.6. The summed E-state index contributed by atoms with van der Waals surface area (Å²) in [5.74, 6) is -1.47. The van der Waals surface area contributed by atoms with E-state index in [1.54, 1.807) is 0 Å². The van der Waals surface area contributed by atoms with Crippen molar-refractivity contribution < 1.29 is 18.0 Å². The van der Waals surface area contributed by atoms with E-state index in [0.29, 0.717) is 6.07 Å². The molecule has 0 fully saturated rings. The average Bonchev–Trinajstić information content (AvgIpc) is 2.51. The summed E-state index contributed by atoms with van der Waals surface area (Å²) in [5, 5.41) is 2.15. The zero-order valence-electron chi connectivity index (χ0n) is 6.83. The van der Waals surface area contributed by atoms with E-state index in [1.807, 2.05) is 0 Å². The molecule has 72 valence electrons. The van der Waals surface area contributed by atoms with Gasteiger partial charge in [-0.3, -0.25) is 4.52 Å². The van der Waals surface area contributed by atoms with Crippen LogP contribution in [0, 0.1) is 11.6 Å². The lowest BCUT2D eigenvalue weighted by Crippen LogP contribution is -2.33. The van der Waals surface area contributed by atoms with Crippen molar-refractivity contribution in [1.82, 2.24) is 5.27 Å². The number of halogens is 2. The van der Waals surface area contributed by atoms with Gasteiger partial charge in [0.1, 0.15) is 5.82 Å². The largest absolute Gasteiger partial charge is 0.427 e. The van der Waals surface area contributed by atoms with E-state index in [-0.39, 0.29) is 5.69 Å². The fourth-order valence-electron chi connectivity index (χ4n) is 1.05. The van der Waals surface area contributed by atoms with E-state index in [4.69, 9.17) is 0 Å². The standard InChI is InChI=1S/C8H4F2N2O2/c9-5-1-2-7(6(10)3-5)12-4-8(13)14-11-12/h1-4H/p+1. The van der Waals surface area contributed by atoms with Gasteiger partial charge in [-0.05, 0) is 16.0 Å². The topological polar surface area (TPSA) is 49.9 Å². The summed E-state index contributed by atoms with van der Waals surface area (Å²) in [6.07, 6.45) is 1.01. The Balaban J connectivity index is 2.57. The second kappa shape index (κ2) is 3.06. The molecule has 2 aromatic rings. The molecule has 2 rings (SSSR count). The molecule has 1 aromatic carbocycles. The van der Waals surface area contributed by atoms with E-state index >= 15 is 0 Å². The lowest BCUT2D eigenvalue weighted by Gasteiger charge is -1.91. The third-order valence-electron chi connectivity index (χ3n) is 1.65. The highest BCUT2D eigenvalue weighted by molar-refractivity contribution is 5.24. The van der Waals surface area contributed by atoms with Gasteiger partial charge < -0.3 is 0 Å². The molecule has 0 unspecified atom stereocenters. The molecule has 0 bridgehead atoms. The summed E-state index contributed by atoms with van der Waals surface area (Å²) in [7, 11) is 0. The quantitative estimate of drug-likeness (QED) is 0.681. The first kappa shape index (κ1) is 8.61. The van der Waals surface area contributed by atoms with Crippen LogP contribution in [0.15, 0.2) is 33.7 Å². The van der Waals surface area contributed by atoms with Crippen LogP contribution in [0.3, 0.4) is 0 Å². The zero-order chi connectivity index (χ0) is 10.1. The van der Waals surface area contributed by atoms with E-state index in [1.165, 1.54) is 6.07 Å². The third kappa shape index (κ3) is 1.41. The van der Waals surface area contributed by atoms with E-state index in [2.05, 4.69) is 9.79 Å². The maximum Gasteiger partial charge on any atom is 0.427 e. The van der Waals surface area contributed by atoms with E-state index < -0.39 is 17.3 Å². The number of H-pyrrole nitrogens is 1. The van der Waals surface area contributed by atoms with Crippen molar-refractivity contribution >= 4 is 0 Å². The lowest BCUT2D eigenvalue weighted by atomic mass is 10.3. The minimum atomic E-state index is -0.785. The minimum Gasteiger partial charge on any atom is -0.283 e. The van der Waals surface area contributed by atoms with Crippen LogP contribution in [-0.4, -0.2) is 5.27 Å². The van der Waals surface area contributed by atoms with Gasteiger partial charge in [-0.2, -0.15) is 4.39 Å². The van der Waals surface area contributed by atoms with Crippen LogP contribution in [0.5, 0.6) is 0 Å². The Bertz CT molecular complexity index is 518. The first-order valence-corrected chi connectivity index (χ1v) is 3.72. The predicted octanol–water partition coefficient (Wildman–Crippen LogP) is 0.523. The number of rotatable bonds is 1. The number of hydrogen-bond donors (Lipinski definition) is 1. The normalized spacial score (nSPS) is 10.4. The highest BCUT2D eigenvalue weighted by Crippen LogP contribution is 2.07. The molecular formula is C8H5F2N2O2+. The van der Waals surface area contributed by atoms with Crippen LogP contribution in [0.4, 0.5) is 8.78 Å². The molecule has 0 spiro atoms. The molecule has 0 aliphatic heterocycles. The van der Waals surface area contributed by atoms with Gasteiger partial charge in [0, 0.05) is 12.1 Å². The Morgan fingerprint density at radius 1 is 1.36 bits per heavy atom. The number of benzene rings is 1. The summed E-state index contributed by atoms with van der Waals surface area (Å²) >= 11 is 0. The Hall–Kier alpha value is -1.98. The zero-order valence-corrected chi connectivity index (χ0v) is 6.83. The lowest BCUT2D eigenvalue weighted by molar-refractivity contribution is -0.672. The molecule has 1 heterocycles. The summed E-state index contributed by atoms with van der Waals surface area (Å²) in [5.41, 5.74) is -0.633. The first-order chi connectivity index (χ1) is 6.66. The molecule has 1 aromatic heterocycles. The van der Waals surface area contributed by atoms with Crippen molar-refractivity contribution in [3.05, 3.63) is 46.5 Å². The summed E-state index contributed by atoms with van der Waals surface area (Å²) in [6, 6.07) is 2.99. The summed E-state index contributed by atoms with van der Waals surface area (Å²) < 4.78 is 31.0. The van der Waals surface area contributed by atoms with Gasteiger partial charge in [-0.15, -0.1) is 0 Å². The van der Waals surface area contributed by atoms with Gasteiger partial charge in [-0.1, -0.05) is 0 Å². The number of nitrogens with zero attached hydrogens (tertiary/aromatic N) is 1. The molecule has 1 N–H and O–H groups in total. The number of aromatic nitrogens is 2. The highest BCUT2D eigenvalue weighted by atomic mass is 19.1. The maximum atomic E-state index is 13.1. The van der Waals surface area contributed by atoms with Gasteiger partial charge in [0.25, 0.3) is 11.9 Å². The fraction of sp³-hybridized carbons (Fsp3) is 0. The second-order valence-corrected chi connectivity index (χ2v) is 2.61. The summed E-state index contributed by atoms with van der Waals surface area (Å²) in [6.45, 7) is 0. The van der Waals surface area contributed by atoms with Crippen molar-refractivity contribution in [2.45, 2.75) is 0 Å². The Labute approximate surface area is 76.3 Å². The molecule has 0 amide bonds. The van der Waals surface area contributed by atoms with Crippen LogP contribution in [0.25, 0.3) is 5.69 Å². The van der Waals surface area contributed by atoms with Crippen molar-refractivity contribution in [2.75, 3.05) is 0 Å². The van der Waals surface area contributed by atoms with Gasteiger partial charge in [0.2, 0.25) is 0 Å². The van der Waals surface area contributed by atoms with Gasteiger partial charge in [0.15, 0.2) is 5.82 Å². The molecule has 14 heavy (non-hydrogen) atoms. The first-order valence-electron chi connectivity index (χ1n) is 3.72. The fourth-order valence-corrected chi connectivity index (χ4v) is 1.05. The number of hydrogen-bond acceptors (Lipinski definition) is 2. The van der Waals surface area contributed by atoms with Crippen LogP contribution < -0.4 is 10.3 Å². The van der Waals surface area contributed by atoms with Crippen LogP contribution >= 0.6 is 0 Å². The van der Waals surface area contributed by atoms with Crippen LogP contribution in [0.2, 0.25) is 0 Å². The Kier molecular flexibility index (Phi) is 1.88. The van der Waals surface area contributed by atoms with Crippen molar-refractivity contribution in [3.8, 4) is 5.69 Å².